The molecule has 3 aromatic carbocycles. The molecule has 1 aliphatic heterocycles. The van der Waals surface area contributed by atoms with Crippen LogP contribution in [0.25, 0.3) is 10.8 Å². The zero-order valence-corrected chi connectivity index (χ0v) is 19.2. The van der Waals surface area contributed by atoms with Crippen molar-refractivity contribution in [1.29, 1.82) is 0 Å². The van der Waals surface area contributed by atoms with E-state index in [9.17, 15) is 13.6 Å². The smallest absolute Gasteiger partial charge is 0.270 e. The van der Waals surface area contributed by atoms with Crippen LogP contribution in [0.3, 0.4) is 0 Å². The van der Waals surface area contributed by atoms with Crippen molar-refractivity contribution >= 4 is 22.5 Å². The molecule has 2 heterocycles. The number of hydrogen-bond donors (Lipinski definition) is 1. The molecule has 0 atom stereocenters. The number of alkyl halides is 2. The molecule has 0 saturated carbocycles. The van der Waals surface area contributed by atoms with Crippen molar-refractivity contribution in [2.24, 2.45) is 5.92 Å². The van der Waals surface area contributed by atoms with Crippen LogP contribution >= 0.6 is 0 Å². The van der Waals surface area contributed by atoms with Crippen molar-refractivity contribution in [3.63, 3.8) is 0 Å². The summed E-state index contributed by atoms with van der Waals surface area (Å²) < 4.78 is 32.9. The lowest BCUT2D eigenvalue weighted by atomic mass is 9.98. The molecule has 35 heavy (non-hydrogen) atoms. The topological polar surface area (TPSA) is 54.5 Å². The predicted octanol–water partition coefficient (Wildman–Crippen LogP) is 6.32. The summed E-state index contributed by atoms with van der Waals surface area (Å²) >= 11 is 0. The minimum absolute atomic E-state index is 0.00314. The first-order valence-electron chi connectivity index (χ1n) is 11.5. The van der Waals surface area contributed by atoms with Crippen LogP contribution in [-0.2, 0) is 5.92 Å². The van der Waals surface area contributed by atoms with Crippen molar-refractivity contribution < 1.29 is 18.3 Å². The summed E-state index contributed by atoms with van der Waals surface area (Å²) in [5.41, 5.74) is 0.562. The van der Waals surface area contributed by atoms with Crippen LogP contribution in [0.15, 0.2) is 85.1 Å². The average Bonchev–Trinajstić information content (AvgIpc) is 2.83. The van der Waals surface area contributed by atoms with E-state index >= 15 is 0 Å². The third-order valence-electron chi connectivity index (χ3n) is 6.16. The van der Waals surface area contributed by atoms with Crippen LogP contribution in [0.4, 0.5) is 14.6 Å². The first-order chi connectivity index (χ1) is 16.9. The summed E-state index contributed by atoms with van der Waals surface area (Å²) in [5, 5.41) is 5.02. The van der Waals surface area contributed by atoms with E-state index in [4.69, 9.17) is 4.74 Å². The van der Waals surface area contributed by atoms with E-state index in [1.165, 1.54) is 24.3 Å². The van der Waals surface area contributed by atoms with Gasteiger partial charge < -0.3 is 15.0 Å². The summed E-state index contributed by atoms with van der Waals surface area (Å²) in [6, 6.07) is 22.7. The van der Waals surface area contributed by atoms with Gasteiger partial charge in [-0.3, -0.25) is 4.79 Å². The van der Waals surface area contributed by atoms with E-state index in [0.717, 1.165) is 30.1 Å². The van der Waals surface area contributed by atoms with E-state index in [1.54, 1.807) is 12.3 Å². The maximum atomic E-state index is 13.5. The molecule has 0 bridgehead atoms. The fourth-order valence-electron chi connectivity index (χ4n) is 4.18. The van der Waals surface area contributed by atoms with Gasteiger partial charge in [-0.2, -0.15) is 0 Å². The van der Waals surface area contributed by atoms with Crippen molar-refractivity contribution in [2.45, 2.75) is 12.8 Å². The second kappa shape index (κ2) is 9.33. The van der Waals surface area contributed by atoms with E-state index in [0.29, 0.717) is 36.1 Å². The number of benzene rings is 3. The van der Waals surface area contributed by atoms with Gasteiger partial charge in [0.25, 0.3) is 11.8 Å². The van der Waals surface area contributed by atoms with Crippen LogP contribution in [-0.4, -0.2) is 35.4 Å². The number of nitrogens with one attached hydrogen (secondary N) is 1. The molecule has 178 valence electrons. The molecule has 1 N–H and O–H groups in total. The van der Waals surface area contributed by atoms with Gasteiger partial charge in [0, 0.05) is 55.2 Å². The number of amides is 1. The van der Waals surface area contributed by atoms with Crippen LogP contribution in [0.5, 0.6) is 11.5 Å². The molecule has 1 aliphatic rings. The van der Waals surface area contributed by atoms with Gasteiger partial charge in [-0.15, -0.1) is 0 Å². The summed E-state index contributed by atoms with van der Waals surface area (Å²) in [7, 11) is 0. The molecule has 1 fully saturated rings. The molecule has 0 spiro atoms. The number of aromatic nitrogens is 1. The van der Waals surface area contributed by atoms with Gasteiger partial charge in [-0.25, -0.2) is 13.8 Å². The van der Waals surface area contributed by atoms with Gasteiger partial charge in [-0.05, 0) is 66.0 Å². The van der Waals surface area contributed by atoms with Crippen LogP contribution in [0.2, 0.25) is 0 Å². The Morgan fingerprint density at radius 3 is 2.57 bits per heavy atom. The van der Waals surface area contributed by atoms with Gasteiger partial charge >= 0.3 is 0 Å². The standard InChI is InChI=1S/C28H25F2N3O2/c1-28(29,30)22-9-11-23(12-10-22)35-25-6-4-5-20-15-21(8-13-24(20)25)27(34)33-17-19(18-33)16-32-26-7-2-3-14-31-26/h2-15,19H,16-18H2,1H3,(H,31,32). The lowest BCUT2D eigenvalue weighted by molar-refractivity contribution is 0.0174. The second-order valence-electron chi connectivity index (χ2n) is 8.88. The number of hydrogen-bond acceptors (Lipinski definition) is 4. The highest BCUT2D eigenvalue weighted by atomic mass is 19.3. The van der Waals surface area contributed by atoms with Crippen molar-refractivity contribution in [3.8, 4) is 11.5 Å². The summed E-state index contributed by atoms with van der Waals surface area (Å²) in [4.78, 5) is 19.1. The Balaban J connectivity index is 1.24. The molecule has 0 radical (unpaired) electrons. The zero-order chi connectivity index (χ0) is 24.4. The maximum absolute atomic E-state index is 13.5. The summed E-state index contributed by atoms with van der Waals surface area (Å²) in [6.07, 6.45) is 1.75. The normalized spacial score (nSPS) is 14.0. The zero-order valence-electron chi connectivity index (χ0n) is 19.2. The highest BCUT2D eigenvalue weighted by molar-refractivity contribution is 6.00. The molecular weight excluding hydrogens is 448 g/mol. The molecule has 0 aliphatic carbocycles. The third kappa shape index (κ3) is 5.09. The van der Waals surface area contributed by atoms with Crippen molar-refractivity contribution in [2.75, 3.05) is 25.0 Å². The Labute approximate surface area is 202 Å². The number of carbonyl (C=O) groups is 1. The number of anilines is 1. The number of halogens is 2. The Bertz CT molecular complexity index is 1330. The lowest BCUT2D eigenvalue weighted by Crippen LogP contribution is -2.52. The van der Waals surface area contributed by atoms with Gasteiger partial charge in [0.1, 0.15) is 17.3 Å². The largest absolute Gasteiger partial charge is 0.457 e. The van der Waals surface area contributed by atoms with Gasteiger partial charge in [-0.1, -0.05) is 18.2 Å². The minimum Gasteiger partial charge on any atom is -0.457 e. The fraction of sp³-hybridized carbons (Fsp3) is 0.214. The highest BCUT2D eigenvalue weighted by Gasteiger charge is 2.31. The quantitative estimate of drug-likeness (QED) is 0.341. The lowest BCUT2D eigenvalue weighted by Gasteiger charge is -2.39. The molecule has 1 aromatic heterocycles. The number of ether oxygens (including phenoxy) is 1. The molecular formula is C28H25F2N3O2. The van der Waals surface area contributed by atoms with Crippen LogP contribution < -0.4 is 10.1 Å². The Morgan fingerprint density at radius 1 is 1.06 bits per heavy atom. The molecule has 5 nitrogen and oxygen atoms in total. The minimum atomic E-state index is -2.90. The molecule has 1 saturated heterocycles. The Kier molecular flexibility index (Phi) is 6.07. The second-order valence-corrected chi connectivity index (χ2v) is 8.88. The number of nitrogens with zero attached hydrogens (tertiary/aromatic N) is 2. The van der Waals surface area contributed by atoms with E-state index in [2.05, 4.69) is 10.3 Å². The number of likely N-dealkylation sites (tertiary alicyclic amines) is 1. The summed E-state index contributed by atoms with van der Waals surface area (Å²) in [6.45, 7) is 3.04. The molecule has 0 unspecified atom stereocenters. The van der Waals surface area contributed by atoms with Gasteiger partial charge in [0.2, 0.25) is 0 Å². The molecule has 7 heteroatoms. The predicted molar refractivity (Wildman–Crippen MR) is 132 cm³/mol. The maximum Gasteiger partial charge on any atom is 0.270 e. The first-order valence-corrected chi connectivity index (χ1v) is 11.5. The Morgan fingerprint density at radius 2 is 1.86 bits per heavy atom. The number of carbonyl (C=O) groups excluding carboxylic acids is 1. The third-order valence-corrected chi connectivity index (χ3v) is 6.16. The average molecular weight is 474 g/mol. The molecule has 1 amide bonds. The highest BCUT2D eigenvalue weighted by Crippen LogP contribution is 2.33. The monoisotopic (exact) mass is 473 g/mol. The number of fused-ring (bicyclic) bond motifs is 1. The fourth-order valence-corrected chi connectivity index (χ4v) is 4.18. The van der Waals surface area contributed by atoms with Crippen LogP contribution in [0.1, 0.15) is 22.8 Å². The van der Waals surface area contributed by atoms with E-state index in [-0.39, 0.29) is 11.5 Å². The Hall–Kier alpha value is -4.00. The van der Waals surface area contributed by atoms with E-state index < -0.39 is 5.92 Å². The van der Waals surface area contributed by atoms with Crippen molar-refractivity contribution in [1.82, 2.24) is 9.88 Å². The van der Waals surface area contributed by atoms with E-state index in [1.807, 2.05) is 53.4 Å². The van der Waals surface area contributed by atoms with Crippen molar-refractivity contribution in [3.05, 3.63) is 96.2 Å². The van der Waals surface area contributed by atoms with Crippen LogP contribution in [0, 0.1) is 5.92 Å². The number of rotatable bonds is 7. The number of pyridine rings is 1. The van der Waals surface area contributed by atoms with Gasteiger partial charge in [0.15, 0.2) is 0 Å². The first kappa shape index (κ1) is 22.8. The summed E-state index contributed by atoms with van der Waals surface area (Å²) in [5.74, 6) is -0.598. The SMILES string of the molecule is CC(F)(F)c1ccc(Oc2cccc3cc(C(=O)N4CC(CNc5ccccn5)C4)ccc23)cc1. The molecule has 4 aromatic rings. The molecule has 5 rings (SSSR count). The van der Waals surface area contributed by atoms with Gasteiger partial charge in [0.05, 0.1) is 0 Å².